The molecule has 0 spiro atoms. The number of alkyl halides is 2. The van der Waals surface area contributed by atoms with Gasteiger partial charge in [0.15, 0.2) is 0 Å². The number of carbonyl (C=O) groups is 2. The number of rotatable bonds is 5. The van der Waals surface area contributed by atoms with E-state index < -0.39 is 11.8 Å². The normalized spacial score (nSPS) is 31.2. The van der Waals surface area contributed by atoms with Crippen LogP contribution in [0, 0.1) is 17.3 Å². The number of halogens is 2. The highest BCUT2D eigenvalue weighted by atomic mass is 19.3. The van der Waals surface area contributed by atoms with E-state index in [-0.39, 0.29) is 43.3 Å². The first kappa shape index (κ1) is 19.4. The van der Waals surface area contributed by atoms with Gasteiger partial charge < -0.3 is 15.2 Å². The monoisotopic (exact) mass is 393 g/mol. The standard InChI is InChI=1S/C21H29F2N3O2/c1-2-17-16(5-9-24-17)18(27)26-10-8-21(22,23)15(13-26)12-25-19(28)20-6-3-14(11-20)4-7-20/h5,9,14-15,24H,2-4,6-8,10-13H2,1H3,(H,25,28). The minimum absolute atomic E-state index is 0.0317. The van der Waals surface area contributed by atoms with Crippen molar-refractivity contribution in [2.75, 3.05) is 19.6 Å². The Morgan fingerprint density at radius 2 is 2.04 bits per heavy atom. The van der Waals surface area contributed by atoms with Crippen molar-refractivity contribution >= 4 is 11.8 Å². The lowest BCUT2D eigenvalue weighted by Crippen LogP contribution is -2.54. The van der Waals surface area contributed by atoms with Gasteiger partial charge in [-0.3, -0.25) is 9.59 Å². The number of aromatic amines is 1. The summed E-state index contributed by atoms with van der Waals surface area (Å²) in [6.07, 6.45) is 6.83. The van der Waals surface area contributed by atoms with E-state index in [0.717, 1.165) is 37.8 Å². The first-order chi connectivity index (χ1) is 13.3. The molecule has 4 rings (SSSR count). The van der Waals surface area contributed by atoms with Crippen molar-refractivity contribution in [2.45, 2.75) is 57.8 Å². The van der Waals surface area contributed by atoms with Gasteiger partial charge in [-0.1, -0.05) is 6.92 Å². The van der Waals surface area contributed by atoms with Gasteiger partial charge in [-0.05, 0) is 50.5 Å². The molecule has 1 atom stereocenters. The number of H-pyrrole nitrogens is 1. The summed E-state index contributed by atoms with van der Waals surface area (Å²) >= 11 is 0. The molecular weight excluding hydrogens is 364 g/mol. The number of nitrogens with zero attached hydrogens (tertiary/aromatic N) is 1. The number of hydrogen-bond acceptors (Lipinski definition) is 2. The number of aromatic nitrogens is 1. The van der Waals surface area contributed by atoms with E-state index in [9.17, 15) is 18.4 Å². The van der Waals surface area contributed by atoms with Gasteiger partial charge in [-0.25, -0.2) is 8.78 Å². The summed E-state index contributed by atoms with van der Waals surface area (Å²) in [6.45, 7) is 1.88. The van der Waals surface area contributed by atoms with Crippen molar-refractivity contribution in [2.24, 2.45) is 17.3 Å². The molecule has 2 aliphatic carbocycles. The fourth-order valence-electron chi connectivity index (χ4n) is 5.36. The molecule has 0 radical (unpaired) electrons. The molecule has 1 unspecified atom stereocenters. The third kappa shape index (κ3) is 3.33. The number of piperidine rings is 1. The number of likely N-dealkylation sites (tertiary alicyclic amines) is 1. The largest absolute Gasteiger partial charge is 0.364 e. The Labute approximate surface area is 164 Å². The van der Waals surface area contributed by atoms with Crippen molar-refractivity contribution in [1.29, 1.82) is 0 Å². The minimum atomic E-state index is -2.87. The number of amides is 2. The lowest BCUT2D eigenvalue weighted by Gasteiger charge is -2.39. The third-order valence-electron chi connectivity index (χ3n) is 7.19. The zero-order chi connectivity index (χ0) is 19.9. The maximum absolute atomic E-state index is 14.5. The fraction of sp³-hybridized carbons (Fsp3) is 0.714. The molecule has 1 saturated heterocycles. The number of nitrogens with one attached hydrogen (secondary N) is 2. The Morgan fingerprint density at radius 1 is 1.29 bits per heavy atom. The molecule has 2 bridgehead atoms. The highest BCUT2D eigenvalue weighted by Gasteiger charge is 2.51. The van der Waals surface area contributed by atoms with Crippen LogP contribution >= 0.6 is 0 Å². The summed E-state index contributed by atoms with van der Waals surface area (Å²) in [6, 6.07) is 1.71. The molecule has 1 aliphatic heterocycles. The number of fused-ring (bicyclic) bond motifs is 2. The van der Waals surface area contributed by atoms with Crippen LogP contribution in [-0.2, 0) is 11.2 Å². The van der Waals surface area contributed by atoms with Crippen LogP contribution in [0.5, 0.6) is 0 Å². The van der Waals surface area contributed by atoms with Gasteiger partial charge in [0.05, 0.1) is 11.5 Å². The van der Waals surface area contributed by atoms with Crippen molar-refractivity contribution in [3.05, 3.63) is 23.5 Å². The van der Waals surface area contributed by atoms with Gasteiger partial charge in [-0.15, -0.1) is 0 Å². The van der Waals surface area contributed by atoms with Crippen LogP contribution in [0.3, 0.4) is 0 Å². The van der Waals surface area contributed by atoms with E-state index >= 15 is 0 Å². The second-order valence-electron chi connectivity index (χ2n) is 8.82. The molecule has 154 valence electrons. The van der Waals surface area contributed by atoms with Gasteiger partial charge in [0, 0.05) is 43.4 Å². The predicted molar refractivity (Wildman–Crippen MR) is 101 cm³/mol. The minimum Gasteiger partial charge on any atom is -0.364 e. The summed E-state index contributed by atoms with van der Waals surface area (Å²) in [5.74, 6) is -3.57. The Hall–Kier alpha value is -1.92. The van der Waals surface area contributed by atoms with E-state index in [1.807, 2.05) is 6.92 Å². The van der Waals surface area contributed by atoms with Crippen LogP contribution < -0.4 is 5.32 Å². The molecule has 2 N–H and O–H groups in total. The van der Waals surface area contributed by atoms with Crippen LogP contribution in [0.25, 0.3) is 0 Å². The molecule has 1 aromatic rings. The average Bonchev–Trinajstić information content (AvgIpc) is 3.42. The van der Waals surface area contributed by atoms with Crippen LogP contribution in [-0.4, -0.2) is 47.3 Å². The summed E-state index contributed by atoms with van der Waals surface area (Å²) in [4.78, 5) is 30.1. The number of hydrogen-bond donors (Lipinski definition) is 2. The summed E-state index contributed by atoms with van der Waals surface area (Å²) < 4.78 is 29.0. The van der Waals surface area contributed by atoms with Crippen molar-refractivity contribution in [3.63, 3.8) is 0 Å². The SMILES string of the molecule is CCc1[nH]ccc1C(=O)N1CCC(F)(F)C(CNC(=O)C23CCC(CC2)C3)C1. The molecule has 2 heterocycles. The van der Waals surface area contributed by atoms with E-state index in [1.54, 1.807) is 12.3 Å². The summed E-state index contributed by atoms with van der Waals surface area (Å²) in [5.41, 5.74) is 1.05. The van der Waals surface area contributed by atoms with Crippen LogP contribution in [0.4, 0.5) is 8.78 Å². The topological polar surface area (TPSA) is 65.2 Å². The molecule has 28 heavy (non-hydrogen) atoms. The third-order valence-corrected chi connectivity index (χ3v) is 7.19. The Kier molecular flexibility index (Phi) is 4.96. The highest BCUT2D eigenvalue weighted by molar-refractivity contribution is 5.95. The Bertz CT molecular complexity index is 753. The van der Waals surface area contributed by atoms with Crippen LogP contribution in [0.2, 0.25) is 0 Å². The zero-order valence-electron chi connectivity index (χ0n) is 16.4. The quantitative estimate of drug-likeness (QED) is 0.806. The molecule has 3 aliphatic rings. The van der Waals surface area contributed by atoms with E-state index in [0.29, 0.717) is 17.9 Å². The van der Waals surface area contributed by atoms with Gasteiger partial charge in [0.1, 0.15) is 0 Å². The van der Waals surface area contributed by atoms with Gasteiger partial charge in [0.25, 0.3) is 11.8 Å². The lowest BCUT2D eigenvalue weighted by molar-refractivity contribution is -0.133. The zero-order valence-corrected chi connectivity index (χ0v) is 16.4. The summed E-state index contributed by atoms with van der Waals surface area (Å²) in [5, 5.41) is 2.82. The second kappa shape index (κ2) is 7.16. The predicted octanol–water partition coefficient (Wildman–Crippen LogP) is 3.37. The van der Waals surface area contributed by atoms with Crippen molar-refractivity contribution in [1.82, 2.24) is 15.2 Å². The van der Waals surface area contributed by atoms with Crippen molar-refractivity contribution < 1.29 is 18.4 Å². The Morgan fingerprint density at radius 3 is 2.68 bits per heavy atom. The smallest absolute Gasteiger partial charge is 0.255 e. The van der Waals surface area contributed by atoms with Crippen LogP contribution in [0.15, 0.2) is 12.3 Å². The Balaban J connectivity index is 1.40. The molecule has 5 nitrogen and oxygen atoms in total. The molecular formula is C21H29F2N3O2. The van der Waals surface area contributed by atoms with E-state index in [4.69, 9.17) is 0 Å². The van der Waals surface area contributed by atoms with Gasteiger partial charge in [0.2, 0.25) is 5.91 Å². The van der Waals surface area contributed by atoms with Crippen molar-refractivity contribution in [3.8, 4) is 0 Å². The molecule has 0 aromatic carbocycles. The maximum Gasteiger partial charge on any atom is 0.255 e. The van der Waals surface area contributed by atoms with Gasteiger partial charge >= 0.3 is 0 Å². The molecule has 7 heteroatoms. The molecule has 2 amide bonds. The average molecular weight is 393 g/mol. The lowest BCUT2D eigenvalue weighted by atomic mass is 9.83. The number of aryl methyl sites for hydroxylation is 1. The van der Waals surface area contributed by atoms with Gasteiger partial charge in [-0.2, -0.15) is 0 Å². The van der Waals surface area contributed by atoms with E-state index in [1.165, 1.54) is 4.90 Å². The number of carbonyl (C=O) groups excluding carboxylic acids is 2. The first-order valence-electron chi connectivity index (χ1n) is 10.5. The molecule has 3 fully saturated rings. The molecule has 1 aromatic heterocycles. The fourth-order valence-corrected chi connectivity index (χ4v) is 5.36. The first-order valence-corrected chi connectivity index (χ1v) is 10.5. The van der Waals surface area contributed by atoms with Crippen LogP contribution in [0.1, 0.15) is 61.5 Å². The second-order valence-corrected chi connectivity index (χ2v) is 8.82. The van der Waals surface area contributed by atoms with E-state index in [2.05, 4.69) is 10.3 Å². The highest BCUT2D eigenvalue weighted by Crippen LogP contribution is 2.54. The summed E-state index contributed by atoms with van der Waals surface area (Å²) in [7, 11) is 0. The molecule has 2 saturated carbocycles. The maximum atomic E-state index is 14.5.